The Labute approximate surface area is 97.8 Å². The number of rotatable bonds is 5. The van der Waals surface area contributed by atoms with Crippen molar-refractivity contribution in [2.75, 3.05) is 12.3 Å². The highest BCUT2D eigenvalue weighted by atomic mass is 16.5. The first-order valence-electron chi connectivity index (χ1n) is 5.88. The van der Waals surface area contributed by atoms with Crippen molar-refractivity contribution in [3.8, 4) is 5.88 Å². The summed E-state index contributed by atoms with van der Waals surface area (Å²) in [4.78, 5) is 0. The molecule has 4 nitrogen and oxygen atoms in total. The molecular formula is C12H23N3O. The smallest absolute Gasteiger partial charge is 0.235 e. The second kappa shape index (κ2) is 5.23. The van der Waals surface area contributed by atoms with Crippen LogP contribution < -0.4 is 10.5 Å². The van der Waals surface area contributed by atoms with E-state index in [1.54, 1.807) is 4.68 Å². The van der Waals surface area contributed by atoms with Crippen molar-refractivity contribution >= 4 is 5.69 Å². The van der Waals surface area contributed by atoms with Crippen molar-refractivity contribution in [1.82, 2.24) is 9.78 Å². The Morgan fingerprint density at radius 3 is 2.38 bits per heavy atom. The number of nitrogens with zero attached hydrogens (tertiary/aromatic N) is 2. The van der Waals surface area contributed by atoms with Crippen LogP contribution in [0.25, 0.3) is 0 Å². The van der Waals surface area contributed by atoms with Crippen molar-refractivity contribution in [2.45, 2.75) is 40.0 Å². The molecule has 0 amide bonds. The van der Waals surface area contributed by atoms with E-state index in [9.17, 15) is 0 Å². The van der Waals surface area contributed by atoms with Gasteiger partial charge in [-0.05, 0) is 18.3 Å². The van der Waals surface area contributed by atoms with Gasteiger partial charge in [0, 0.05) is 7.05 Å². The molecule has 92 valence electrons. The maximum atomic E-state index is 6.01. The van der Waals surface area contributed by atoms with Crippen LogP contribution in [0.15, 0.2) is 0 Å². The molecule has 2 N–H and O–H groups in total. The van der Waals surface area contributed by atoms with Gasteiger partial charge in [-0.3, -0.25) is 0 Å². The lowest BCUT2D eigenvalue weighted by molar-refractivity contribution is 0.268. The van der Waals surface area contributed by atoms with Crippen LogP contribution in [0.1, 0.15) is 45.7 Å². The third-order valence-corrected chi connectivity index (χ3v) is 2.54. The average Bonchev–Trinajstić information content (AvgIpc) is 2.44. The first kappa shape index (κ1) is 12.9. The maximum absolute atomic E-state index is 6.01. The normalized spacial score (nSPS) is 11.4. The third kappa shape index (κ3) is 2.90. The Hall–Kier alpha value is -1.19. The molecule has 0 atom stereocenters. The monoisotopic (exact) mass is 225 g/mol. The first-order chi connectivity index (χ1) is 7.43. The van der Waals surface area contributed by atoms with Gasteiger partial charge in [-0.15, -0.1) is 0 Å². The lowest BCUT2D eigenvalue weighted by Crippen LogP contribution is -2.06. The highest BCUT2D eigenvalue weighted by Crippen LogP contribution is 2.29. The zero-order valence-corrected chi connectivity index (χ0v) is 10.9. The van der Waals surface area contributed by atoms with Crippen LogP contribution in [0.4, 0.5) is 5.69 Å². The van der Waals surface area contributed by atoms with Crippen LogP contribution in [-0.2, 0) is 7.05 Å². The SMILES string of the molecule is CC(C)CCOc1c(N)c(C(C)C)nn1C. The van der Waals surface area contributed by atoms with Crippen molar-refractivity contribution in [3.63, 3.8) is 0 Å². The summed E-state index contributed by atoms with van der Waals surface area (Å²) in [6, 6.07) is 0. The Balaban J connectivity index is 2.72. The standard InChI is InChI=1S/C12H23N3O/c1-8(2)6-7-16-12-10(13)11(9(3)4)14-15(12)5/h8-9H,6-7,13H2,1-5H3. The van der Waals surface area contributed by atoms with Crippen LogP contribution in [0.5, 0.6) is 5.88 Å². The highest BCUT2D eigenvalue weighted by molar-refractivity contribution is 5.54. The summed E-state index contributed by atoms with van der Waals surface area (Å²) in [5.74, 6) is 1.66. The van der Waals surface area contributed by atoms with Crippen LogP contribution in [0.3, 0.4) is 0 Å². The fourth-order valence-corrected chi connectivity index (χ4v) is 1.53. The van der Waals surface area contributed by atoms with Crippen LogP contribution in [-0.4, -0.2) is 16.4 Å². The molecule has 0 aliphatic rings. The van der Waals surface area contributed by atoms with Gasteiger partial charge < -0.3 is 10.5 Å². The molecule has 4 heteroatoms. The second-order valence-electron chi connectivity index (χ2n) is 4.91. The molecule has 16 heavy (non-hydrogen) atoms. The lowest BCUT2D eigenvalue weighted by Gasteiger charge is -2.08. The van der Waals surface area contributed by atoms with E-state index in [0.717, 1.165) is 12.1 Å². The Kier molecular flexibility index (Phi) is 4.21. The number of aryl methyl sites for hydroxylation is 1. The molecule has 0 radical (unpaired) electrons. The predicted octanol–water partition coefficient (Wildman–Crippen LogP) is 2.55. The number of nitrogen functional groups attached to an aromatic ring is 1. The maximum Gasteiger partial charge on any atom is 0.235 e. The van der Waals surface area contributed by atoms with E-state index in [0.29, 0.717) is 30.0 Å². The van der Waals surface area contributed by atoms with E-state index in [-0.39, 0.29) is 0 Å². The van der Waals surface area contributed by atoms with Gasteiger partial charge in [0.1, 0.15) is 5.69 Å². The van der Waals surface area contributed by atoms with E-state index >= 15 is 0 Å². The predicted molar refractivity (Wildman–Crippen MR) is 66.7 cm³/mol. The number of ether oxygens (including phenoxy) is 1. The summed E-state index contributed by atoms with van der Waals surface area (Å²) in [5, 5.41) is 4.37. The second-order valence-corrected chi connectivity index (χ2v) is 4.91. The molecule has 0 saturated carbocycles. The van der Waals surface area contributed by atoms with Crippen LogP contribution in [0, 0.1) is 5.92 Å². The molecule has 0 aromatic carbocycles. The van der Waals surface area contributed by atoms with Gasteiger partial charge in [-0.1, -0.05) is 27.7 Å². The number of hydrogen-bond acceptors (Lipinski definition) is 3. The summed E-state index contributed by atoms with van der Waals surface area (Å²) in [6.07, 6.45) is 1.03. The van der Waals surface area contributed by atoms with E-state index in [4.69, 9.17) is 10.5 Å². The summed E-state index contributed by atoms with van der Waals surface area (Å²) in [7, 11) is 1.87. The summed E-state index contributed by atoms with van der Waals surface area (Å²) >= 11 is 0. The quantitative estimate of drug-likeness (QED) is 0.837. The van der Waals surface area contributed by atoms with E-state index in [2.05, 4.69) is 32.8 Å². The number of nitrogens with two attached hydrogens (primary N) is 1. The number of hydrogen-bond donors (Lipinski definition) is 1. The van der Waals surface area contributed by atoms with Crippen LogP contribution >= 0.6 is 0 Å². The summed E-state index contributed by atoms with van der Waals surface area (Å²) in [6.45, 7) is 9.21. The van der Waals surface area contributed by atoms with Gasteiger partial charge in [0.05, 0.1) is 12.3 Å². The summed E-state index contributed by atoms with van der Waals surface area (Å²) < 4.78 is 7.41. The molecule has 0 saturated heterocycles. The van der Waals surface area contributed by atoms with E-state index in [1.165, 1.54) is 0 Å². The Morgan fingerprint density at radius 1 is 1.31 bits per heavy atom. The van der Waals surface area contributed by atoms with Gasteiger partial charge in [0.25, 0.3) is 0 Å². The Bertz CT molecular complexity index is 342. The third-order valence-electron chi connectivity index (χ3n) is 2.54. The topological polar surface area (TPSA) is 53.1 Å². The molecule has 0 aliphatic carbocycles. The zero-order valence-electron chi connectivity index (χ0n) is 10.9. The van der Waals surface area contributed by atoms with Crippen molar-refractivity contribution in [1.29, 1.82) is 0 Å². The highest BCUT2D eigenvalue weighted by Gasteiger charge is 2.16. The van der Waals surface area contributed by atoms with E-state index < -0.39 is 0 Å². The largest absolute Gasteiger partial charge is 0.476 e. The molecule has 0 spiro atoms. The number of anilines is 1. The Morgan fingerprint density at radius 2 is 1.94 bits per heavy atom. The van der Waals surface area contributed by atoms with Crippen LogP contribution in [0.2, 0.25) is 0 Å². The first-order valence-corrected chi connectivity index (χ1v) is 5.88. The summed E-state index contributed by atoms with van der Waals surface area (Å²) in [5.41, 5.74) is 7.61. The molecule has 0 unspecified atom stereocenters. The van der Waals surface area contributed by atoms with Gasteiger partial charge in [0.2, 0.25) is 5.88 Å². The molecular weight excluding hydrogens is 202 g/mol. The fraction of sp³-hybridized carbons (Fsp3) is 0.750. The van der Waals surface area contributed by atoms with Crippen molar-refractivity contribution in [2.24, 2.45) is 13.0 Å². The number of aromatic nitrogens is 2. The molecule has 1 rings (SSSR count). The lowest BCUT2D eigenvalue weighted by atomic mass is 10.1. The zero-order chi connectivity index (χ0) is 12.3. The van der Waals surface area contributed by atoms with Gasteiger partial charge in [-0.25, -0.2) is 4.68 Å². The minimum Gasteiger partial charge on any atom is -0.476 e. The molecule has 1 heterocycles. The molecule has 0 fully saturated rings. The van der Waals surface area contributed by atoms with Crippen molar-refractivity contribution in [3.05, 3.63) is 5.69 Å². The van der Waals surface area contributed by atoms with Gasteiger partial charge in [0.15, 0.2) is 0 Å². The van der Waals surface area contributed by atoms with Gasteiger partial charge in [-0.2, -0.15) is 5.10 Å². The fourth-order valence-electron chi connectivity index (χ4n) is 1.53. The minimum absolute atomic E-state index is 0.327. The van der Waals surface area contributed by atoms with E-state index in [1.807, 2.05) is 7.05 Å². The molecule has 1 aromatic heterocycles. The molecule has 0 aliphatic heterocycles. The van der Waals surface area contributed by atoms with Crippen molar-refractivity contribution < 1.29 is 4.74 Å². The minimum atomic E-state index is 0.327. The average molecular weight is 225 g/mol. The molecule has 1 aromatic rings. The van der Waals surface area contributed by atoms with Gasteiger partial charge >= 0.3 is 0 Å². The molecule has 0 bridgehead atoms.